The number of benzene rings is 2. The van der Waals surface area contributed by atoms with E-state index in [0.29, 0.717) is 24.3 Å². The van der Waals surface area contributed by atoms with Gasteiger partial charge in [0.05, 0.1) is 29.8 Å². The van der Waals surface area contributed by atoms with Crippen LogP contribution in [0, 0.1) is 11.3 Å². The maximum absolute atomic E-state index is 12.5. The highest BCUT2D eigenvalue weighted by Crippen LogP contribution is 2.55. The van der Waals surface area contributed by atoms with Crippen molar-refractivity contribution in [2.75, 3.05) is 6.61 Å². The average molecular weight is 436 g/mol. The summed E-state index contributed by atoms with van der Waals surface area (Å²) in [5, 5.41) is 17.2. The summed E-state index contributed by atoms with van der Waals surface area (Å²) in [5.74, 6) is -0.944. The van der Waals surface area contributed by atoms with Crippen LogP contribution in [0.5, 0.6) is 5.75 Å². The summed E-state index contributed by atoms with van der Waals surface area (Å²) in [6, 6.07) is 17.0. The van der Waals surface area contributed by atoms with Crippen molar-refractivity contribution in [3.05, 3.63) is 72.1 Å². The van der Waals surface area contributed by atoms with E-state index in [2.05, 4.69) is 10.3 Å². The number of rotatable bonds is 9. The van der Waals surface area contributed by atoms with E-state index in [9.17, 15) is 9.59 Å². The SMILES string of the molecule is CCOC(=O)C1(Cc2ccc(OCc3cn(-c4ccccc4)nn3)cc2)CC1C(=O)NO. The molecular formula is C23H24N4O5. The number of nitrogens with zero attached hydrogens (tertiary/aromatic N) is 3. The van der Waals surface area contributed by atoms with E-state index in [1.54, 1.807) is 29.2 Å². The molecule has 0 saturated heterocycles. The number of hydrogen-bond donors (Lipinski definition) is 2. The van der Waals surface area contributed by atoms with Gasteiger partial charge in [0.1, 0.15) is 18.1 Å². The van der Waals surface area contributed by atoms with Gasteiger partial charge in [-0.15, -0.1) is 5.10 Å². The fourth-order valence-electron chi connectivity index (χ4n) is 3.79. The predicted octanol–water partition coefficient (Wildman–Crippen LogP) is 2.46. The zero-order chi connectivity index (χ0) is 22.6. The highest BCUT2D eigenvalue weighted by Gasteiger charge is 2.64. The first kappa shape index (κ1) is 21.5. The zero-order valence-electron chi connectivity index (χ0n) is 17.6. The maximum atomic E-state index is 12.5. The Hall–Kier alpha value is -3.72. The van der Waals surface area contributed by atoms with Crippen molar-refractivity contribution in [3.8, 4) is 11.4 Å². The van der Waals surface area contributed by atoms with Gasteiger partial charge in [0.25, 0.3) is 0 Å². The van der Waals surface area contributed by atoms with Crippen LogP contribution in [0.25, 0.3) is 5.69 Å². The average Bonchev–Trinajstić information content (AvgIpc) is 3.36. The van der Waals surface area contributed by atoms with Gasteiger partial charge >= 0.3 is 5.97 Å². The topological polar surface area (TPSA) is 116 Å². The molecule has 166 valence electrons. The van der Waals surface area contributed by atoms with E-state index in [4.69, 9.17) is 14.7 Å². The molecule has 2 atom stereocenters. The van der Waals surface area contributed by atoms with E-state index in [0.717, 1.165) is 11.3 Å². The fourth-order valence-corrected chi connectivity index (χ4v) is 3.79. The van der Waals surface area contributed by atoms with Crippen molar-refractivity contribution in [1.29, 1.82) is 0 Å². The summed E-state index contributed by atoms with van der Waals surface area (Å²) in [6.45, 7) is 2.22. The second-order valence-corrected chi connectivity index (χ2v) is 7.71. The van der Waals surface area contributed by atoms with Crippen LogP contribution in [0.3, 0.4) is 0 Å². The van der Waals surface area contributed by atoms with Crippen molar-refractivity contribution in [1.82, 2.24) is 20.5 Å². The molecule has 0 spiro atoms. The van der Waals surface area contributed by atoms with Crippen molar-refractivity contribution in [2.45, 2.75) is 26.4 Å². The molecule has 4 rings (SSSR count). The number of para-hydroxylation sites is 1. The first-order valence-corrected chi connectivity index (χ1v) is 10.4. The number of aromatic nitrogens is 3. The Bertz CT molecular complexity index is 1080. The molecule has 0 aliphatic heterocycles. The minimum atomic E-state index is -0.943. The predicted molar refractivity (Wildman–Crippen MR) is 113 cm³/mol. The molecule has 0 radical (unpaired) electrons. The molecule has 9 heteroatoms. The number of amides is 1. The Morgan fingerprint density at radius 3 is 2.62 bits per heavy atom. The Balaban J connectivity index is 1.37. The fraction of sp³-hybridized carbons (Fsp3) is 0.304. The van der Waals surface area contributed by atoms with E-state index in [-0.39, 0.29) is 13.2 Å². The zero-order valence-corrected chi connectivity index (χ0v) is 17.6. The third-order valence-corrected chi connectivity index (χ3v) is 5.58. The molecule has 32 heavy (non-hydrogen) atoms. The molecule has 1 aliphatic carbocycles. The molecule has 9 nitrogen and oxygen atoms in total. The van der Waals surface area contributed by atoms with Crippen LogP contribution in [-0.4, -0.2) is 38.7 Å². The van der Waals surface area contributed by atoms with E-state index >= 15 is 0 Å². The molecule has 1 amide bonds. The third-order valence-electron chi connectivity index (χ3n) is 5.58. The number of carbonyl (C=O) groups is 2. The summed E-state index contributed by atoms with van der Waals surface area (Å²) < 4.78 is 12.7. The van der Waals surface area contributed by atoms with Crippen molar-refractivity contribution in [2.24, 2.45) is 11.3 Å². The second-order valence-electron chi connectivity index (χ2n) is 7.71. The highest BCUT2D eigenvalue weighted by molar-refractivity contribution is 5.93. The minimum Gasteiger partial charge on any atom is -0.487 e. The van der Waals surface area contributed by atoms with Crippen LogP contribution in [0.1, 0.15) is 24.6 Å². The Morgan fingerprint density at radius 2 is 1.94 bits per heavy atom. The van der Waals surface area contributed by atoms with Gasteiger partial charge in [-0.25, -0.2) is 10.2 Å². The van der Waals surface area contributed by atoms with Gasteiger partial charge in [-0.3, -0.25) is 14.8 Å². The smallest absolute Gasteiger partial charge is 0.313 e. The van der Waals surface area contributed by atoms with Gasteiger partial charge in [-0.05, 0) is 49.6 Å². The molecule has 0 bridgehead atoms. The van der Waals surface area contributed by atoms with Gasteiger partial charge in [-0.1, -0.05) is 35.5 Å². The molecule has 1 saturated carbocycles. The van der Waals surface area contributed by atoms with E-state index in [1.807, 2.05) is 48.7 Å². The van der Waals surface area contributed by atoms with Crippen LogP contribution in [0.15, 0.2) is 60.8 Å². The standard InChI is InChI=1S/C23H24N4O5/c1-2-31-22(29)23(13-20(23)21(28)25-30)12-16-8-10-19(11-9-16)32-15-17-14-27(26-24-17)18-6-4-3-5-7-18/h3-11,14,20,30H,2,12-13,15H2,1H3,(H,25,28). The van der Waals surface area contributed by atoms with Gasteiger partial charge in [0.2, 0.25) is 5.91 Å². The third kappa shape index (κ3) is 4.47. The molecule has 3 aromatic rings. The van der Waals surface area contributed by atoms with Crippen molar-refractivity contribution in [3.63, 3.8) is 0 Å². The molecular weight excluding hydrogens is 412 g/mol. The minimum absolute atomic E-state index is 0.232. The summed E-state index contributed by atoms with van der Waals surface area (Å²) in [7, 11) is 0. The van der Waals surface area contributed by atoms with Crippen molar-refractivity contribution < 1.29 is 24.3 Å². The summed E-state index contributed by atoms with van der Waals surface area (Å²) in [6.07, 6.45) is 2.50. The van der Waals surface area contributed by atoms with Crippen LogP contribution in [-0.2, 0) is 27.4 Å². The number of nitrogens with one attached hydrogen (secondary N) is 1. The Morgan fingerprint density at radius 1 is 1.19 bits per heavy atom. The lowest BCUT2D eigenvalue weighted by atomic mass is 9.93. The van der Waals surface area contributed by atoms with Gasteiger partial charge < -0.3 is 9.47 Å². The quantitative estimate of drug-likeness (QED) is 0.301. The summed E-state index contributed by atoms with van der Waals surface area (Å²) >= 11 is 0. The molecule has 1 aliphatic rings. The van der Waals surface area contributed by atoms with Crippen LogP contribution in [0.2, 0.25) is 0 Å². The molecule has 1 heterocycles. The second kappa shape index (κ2) is 9.19. The van der Waals surface area contributed by atoms with Crippen LogP contribution in [0.4, 0.5) is 0 Å². The molecule has 1 aromatic heterocycles. The maximum Gasteiger partial charge on any atom is 0.313 e. The van der Waals surface area contributed by atoms with Gasteiger partial charge in [0, 0.05) is 0 Å². The monoisotopic (exact) mass is 436 g/mol. The first-order chi connectivity index (χ1) is 15.6. The lowest BCUT2D eigenvalue weighted by Gasteiger charge is -2.16. The Kier molecular flexibility index (Phi) is 6.18. The van der Waals surface area contributed by atoms with Crippen molar-refractivity contribution >= 4 is 11.9 Å². The van der Waals surface area contributed by atoms with Gasteiger partial charge in [0.15, 0.2) is 0 Å². The first-order valence-electron chi connectivity index (χ1n) is 10.4. The summed E-state index contributed by atoms with van der Waals surface area (Å²) in [4.78, 5) is 24.3. The molecule has 2 N–H and O–H groups in total. The normalized spacial score (nSPS) is 19.2. The number of hydrogen-bond acceptors (Lipinski definition) is 7. The lowest BCUT2D eigenvalue weighted by Crippen LogP contribution is -2.30. The van der Waals surface area contributed by atoms with Gasteiger partial charge in [-0.2, -0.15) is 0 Å². The number of ether oxygens (including phenoxy) is 2. The highest BCUT2D eigenvalue weighted by atomic mass is 16.5. The largest absolute Gasteiger partial charge is 0.487 e. The van der Waals surface area contributed by atoms with E-state index in [1.165, 1.54) is 0 Å². The number of esters is 1. The molecule has 1 fully saturated rings. The van der Waals surface area contributed by atoms with Crippen LogP contribution >= 0.6 is 0 Å². The van der Waals surface area contributed by atoms with Crippen LogP contribution < -0.4 is 10.2 Å². The number of carbonyl (C=O) groups excluding carboxylic acids is 2. The Labute approximate surface area is 184 Å². The molecule has 2 aromatic carbocycles. The summed E-state index contributed by atoms with van der Waals surface area (Å²) in [5.41, 5.74) is 3.17. The molecule has 2 unspecified atom stereocenters. The lowest BCUT2D eigenvalue weighted by molar-refractivity contribution is -0.152. The van der Waals surface area contributed by atoms with E-state index < -0.39 is 23.2 Å². The number of hydroxylamine groups is 1.